The van der Waals surface area contributed by atoms with Gasteiger partial charge in [0.1, 0.15) is 6.61 Å². The van der Waals surface area contributed by atoms with E-state index in [1.807, 2.05) is 72.9 Å². The van der Waals surface area contributed by atoms with Crippen LogP contribution >= 0.6 is 0 Å². The van der Waals surface area contributed by atoms with E-state index in [0.29, 0.717) is 35.3 Å². The van der Waals surface area contributed by atoms with E-state index in [2.05, 4.69) is 17.0 Å². The zero-order valence-electron chi connectivity index (χ0n) is 17.8. The molecule has 0 bridgehead atoms. The van der Waals surface area contributed by atoms with Gasteiger partial charge in [0.25, 0.3) is 0 Å². The minimum Gasteiger partial charge on any atom is -0.493 e. The van der Waals surface area contributed by atoms with Gasteiger partial charge in [-0.05, 0) is 47.0 Å². The molecule has 0 saturated heterocycles. The van der Waals surface area contributed by atoms with Crippen LogP contribution in [0.3, 0.4) is 0 Å². The smallest absolute Gasteiger partial charge is 0.162 e. The maximum atomic E-state index is 6.39. The highest BCUT2D eigenvalue weighted by Crippen LogP contribution is 2.37. The highest BCUT2D eigenvalue weighted by Gasteiger charge is 2.14. The molecule has 1 aromatic heterocycles. The average molecular weight is 428 g/mol. The van der Waals surface area contributed by atoms with Gasteiger partial charge < -0.3 is 26.3 Å². The maximum Gasteiger partial charge on any atom is 0.162 e. The molecule has 4 aromatic rings. The molecule has 0 fully saturated rings. The molecule has 0 saturated carbocycles. The van der Waals surface area contributed by atoms with E-state index < -0.39 is 0 Å². The predicted molar refractivity (Wildman–Crippen MR) is 128 cm³/mol. The summed E-state index contributed by atoms with van der Waals surface area (Å²) >= 11 is 0. The molecule has 0 aliphatic heterocycles. The predicted octanol–water partition coefficient (Wildman–Crippen LogP) is 4.55. The second kappa shape index (κ2) is 9.18. The van der Waals surface area contributed by atoms with Gasteiger partial charge in [0.2, 0.25) is 0 Å². The van der Waals surface area contributed by atoms with E-state index in [1.54, 1.807) is 18.0 Å². The molecule has 3 aromatic carbocycles. The van der Waals surface area contributed by atoms with Gasteiger partial charge in [-0.2, -0.15) is 5.10 Å². The number of nitrogen functional groups attached to an aromatic ring is 1. The third kappa shape index (κ3) is 4.52. The SMILES string of the molecule is C=C(N)Nc1c(N)cc(-c2ccc(OC)c(OCc3ccccc3)c2)cc1-n1cccn1. The first kappa shape index (κ1) is 20.9. The first-order valence-corrected chi connectivity index (χ1v) is 10.0. The summed E-state index contributed by atoms with van der Waals surface area (Å²) in [7, 11) is 1.62. The number of hydrogen-bond acceptors (Lipinski definition) is 6. The summed E-state index contributed by atoms with van der Waals surface area (Å²) in [5.74, 6) is 1.59. The van der Waals surface area contributed by atoms with Crippen molar-refractivity contribution >= 4 is 11.4 Å². The van der Waals surface area contributed by atoms with Crippen molar-refractivity contribution in [1.82, 2.24) is 9.78 Å². The fraction of sp³-hybridized carbons (Fsp3) is 0.0800. The normalized spacial score (nSPS) is 10.5. The lowest BCUT2D eigenvalue weighted by atomic mass is 10.0. The van der Waals surface area contributed by atoms with E-state index in [-0.39, 0.29) is 0 Å². The Bertz CT molecular complexity index is 1220. The molecule has 0 spiro atoms. The Morgan fingerprint density at radius 3 is 2.53 bits per heavy atom. The molecule has 1 heterocycles. The van der Waals surface area contributed by atoms with Gasteiger partial charge in [0.05, 0.1) is 30.0 Å². The Kier molecular flexibility index (Phi) is 5.98. The van der Waals surface area contributed by atoms with Crippen LogP contribution in [0.15, 0.2) is 91.5 Å². The summed E-state index contributed by atoms with van der Waals surface area (Å²) in [5, 5.41) is 7.37. The van der Waals surface area contributed by atoms with Crippen LogP contribution in [0.4, 0.5) is 11.4 Å². The Morgan fingerprint density at radius 1 is 1.03 bits per heavy atom. The van der Waals surface area contributed by atoms with Crippen molar-refractivity contribution in [1.29, 1.82) is 0 Å². The Labute approximate surface area is 186 Å². The zero-order chi connectivity index (χ0) is 22.5. The van der Waals surface area contributed by atoms with Gasteiger partial charge in [0, 0.05) is 12.4 Å². The Hall–Kier alpha value is -4.39. The van der Waals surface area contributed by atoms with Gasteiger partial charge in [-0.1, -0.05) is 43.0 Å². The second-order valence-electron chi connectivity index (χ2n) is 7.20. The average Bonchev–Trinajstić information content (AvgIpc) is 3.34. The standard InChI is InChI=1S/C25H25N5O2/c1-17(26)29-25-21(27)13-20(14-22(25)30-12-6-11-28-30)19-9-10-23(31-2)24(15-19)32-16-18-7-4-3-5-8-18/h3-15,29H,1,16,26-27H2,2H3. The van der Waals surface area contributed by atoms with Gasteiger partial charge in [-0.3, -0.25) is 0 Å². The minimum atomic E-state index is 0.291. The van der Waals surface area contributed by atoms with E-state index in [0.717, 1.165) is 22.4 Å². The number of hydrogen-bond donors (Lipinski definition) is 3. The van der Waals surface area contributed by atoms with Crippen molar-refractivity contribution < 1.29 is 9.47 Å². The molecule has 0 aliphatic rings. The molecule has 0 atom stereocenters. The van der Waals surface area contributed by atoms with E-state index in [1.165, 1.54) is 0 Å². The van der Waals surface area contributed by atoms with Gasteiger partial charge >= 0.3 is 0 Å². The molecular formula is C25H25N5O2. The summed E-state index contributed by atoms with van der Waals surface area (Å²) in [6.07, 6.45) is 3.54. The van der Waals surface area contributed by atoms with Crippen molar-refractivity contribution in [3.8, 4) is 28.3 Å². The number of benzene rings is 3. The third-order valence-electron chi connectivity index (χ3n) is 4.92. The summed E-state index contributed by atoms with van der Waals surface area (Å²) < 4.78 is 13.3. The van der Waals surface area contributed by atoms with Gasteiger partial charge in [-0.25, -0.2) is 4.68 Å². The third-order valence-corrected chi connectivity index (χ3v) is 4.92. The summed E-state index contributed by atoms with van der Waals surface area (Å²) in [6.45, 7) is 4.16. The van der Waals surface area contributed by atoms with Crippen LogP contribution in [-0.4, -0.2) is 16.9 Å². The summed E-state index contributed by atoms with van der Waals surface area (Å²) in [4.78, 5) is 0. The van der Waals surface area contributed by atoms with Crippen LogP contribution in [0, 0.1) is 0 Å². The molecule has 0 unspecified atom stereocenters. The van der Waals surface area contributed by atoms with E-state index in [9.17, 15) is 0 Å². The molecule has 7 nitrogen and oxygen atoms in total. The number of ether oxygens (including phenoxy) is 2. The van der Waals surface area contributed by atoms with Gasteiger partial charge in [-0.15, -0.1) is 0 Å². The van der Waals surface area contributed by atoms with Crippen LogP contribution in [0.25, 0.3) is 16.8 Å². The van der Waals surface area contributed by atoms with Crippen molar-refractivity contribution in [3.05, 3.63) is 97.1 Å². The highest BCUT2D eigenvalue weighted by molar-refractivity contribution is 5.84. The van der Waals surface area contributed by atoms with Gasteiger partial charge in [0.15, 0.2) is 11.5 Å². The largest absolute Gasteiger partial charge is 0.493 e. The lowest BCUT2D eigenvalue weighted by molar-refractivity contribution is 0.284. The van der Waals surface area contributed by atoms with Crippen LogP contribution in [0.5, 0.6) is 11.5 Å². The number of aromatic nitrogens is 2. The fourth-order valence-electron chi connectivity index (χ4n) is 3.41. The number of rotatable bonds is 8. The summed E-state index contributed by atoms with van der Waals surface area (Å²) in [5.41, 5.74) is 17.0. The van der Waals surface area contributed by atoms with Crippen molar-refractivity contribution in [2.45, 2.75) is 6.61 Å². The molecule has 7 heteroatoms. The highest BCUT2D eigenvalue weighted by atomic mass is 16.5. The van der Waals surface area contributed by atoms with Crippen molar-refractivity contribution in [2.24, 2.45) is 5.73 Å². The minimum absolute atomic E-state index is 0.291. The molecule has 0 amide bonds. The number of nitrogens with two attached hydrogens (primary N) is 2. The monoisotopic (exact) mass is 427 g/mol. The van der Waals surface area contributed by atoms with Crippen LogP contribution < -0.4 is 26.3 Å². The molecule has 0 radical (unpaired) electrons. The second-order valence-corrected chi connectivity index (χ2v) is 7.20. The van der Waals surface area contributed by atoms with Crippen LogP contribution in [-0.2, 0) is 6.61 Å². The number of nitrogens with zero attached hydrogens (tertiary/aromatic N) is 2. The van der Waals surface area contributed by atoms with Crippen molar-refractivity contribution in [3.63, 3.8) is 0 Å². The first-order chi connectivity index (χ1) is 15.5. The fourth-order valence-corrected chi connectivity index (χ4v) is 3.41. The van der Waals surface area contributed by atoms with Crippen LogP contribution in [0.2, 0.25) is 0 Å². The van der Waals surface area contributed by atoms with E-state index >= 15 is 0 Å². The first-order valence-electron chi connectivity index (χ1n) is 10.0. The number of methoxy groups -OCH3 is 1. The molecule has 32 heavy (non-hydrogen) atoms. The molecule has 0 aliphatic carbocycles. The topological polar surface area (TPSA) is 100 Å². The Morgan fingerprint density at radius 2 is 1.84 bits per heavy atom. The number of nitrogens with one attached hydrogen (secondary N) is 1. The quantitative estimate of drug-likeness (QED) is 0.357. The lowest BCUT2D eigenvalue weighted by Gasteiger charge is -2.17. The van der Waals surface area contributed by atoms with E-state index in [4.69, 9.17) is 20.9 Å². The molecular weight excluding hydrogens is 402 g/mol. The molecule has 162 valence electrons. The number of anilines is 2. The lowest BCUT2D eigenvalue weighted by Crippen LogP contribution is -2.12. The molecule has 5 N–H and O–H groups in total. The van der Waals surface area contributed by atoms with Crippen molar-refractivity contribution in [2.75, 3.05) is 18.2 Å². The molecule has 4 rings (SSSR count). The van der Waals surface area contributed by atoms with Crippen LogP contribution in [0.1, 0.15) is 5.56 Å². The summed E-state index contributed by atoms with van der Waals surface area (Å²) in [6, 6.07) is 21.5. The zero-order valence-corrected chi connectivity index (χ0v) is 17.8. The maximum absolute atomic E-state index is 6.39. The Balaban J connectivity index is 1.73.